The van der Waals surface area contributed by atoms with Gasteiger partial charge in [0.2, 0.25) is 0 Å². The minimum Gasteiger partial charge on any atom is -0.495 e. The predicted molar refractivity (Wildman–Crippen MR) is 142 cm³/mol. The number of carbonyl (C=O) groups is 2. The molecule has 8 nitrogen and oxygen atoms in total. The molecule has 1 aliphatic heterocycles. The van der Waals surface area contributed by atoms with Gasteiger partial charge in [0, 0.05) is 55.8 Å². The fourth-order valence-electron chi connectivity index (χ4n) is 3.98. The SMILES string of the molecule is CN=CC(=CN)c1ccc(C2CN(C(=O)c3ccc(OC)c(NC(=O)c4ccc(Cl)nc4)c3)C2)cc1. The van der Waals surface area contributed by atoms with E-state index in [0.717, 1.165) is 16.7 Å². The van der Waals surface area contributed by atoms with Gasteiger partial charge in [-0.1, -0.05) is 35.9 Å². The molecule has 1 fully saturated rings. The lowest BCUT2D eigenvalue weighted by atomic mass is 9.89. The first-order valence-electron chi connectivity index (χ1n) is 11.3. The molecule has 2 heterocycles. The third-order valence-electron chi connectivity index (χ3n) is 6.02. The number of nitrogens with one attached hydrogen (secondary N) is 1. The van der Waals surface area contributed by atoms with E-state index in [1.54, 1.807) is 42.4 Å². The summed E-state index contributed by atoms with van der Waals surface area (Å²) < 4.78 is 5.37. The normalized spacial score (nSPS) is 14.0. The predicted octanol–water partition coefficient (Wildman–Crippen LogP) is 4.24. The fraction of sp³-hybridized carbons (Fsp3) is 0.185. The number of hydrogen-bond donors (Lipinski definition) is 2. The Kier molecular flexibility index (Phi) is 7.65. The van der Waals surface area contributed by atoms with Crippen LogP contribution in [0.4, 0.5) is 5.69 Å². The number of hydrogen-bond acceptors (Lipinski definition) is 6. The standard InChI is InChI=1S/C27H26ClN5O3/c1-30-13-21(12-29)17-3-5-18(6-4-17)22-15-33(16-22)27(35)19-7-9-24(36-2)23(11-19)32-26(34)20-8-10-25(28)31-14-20/h3-14,22H,15-16,29H2,1-2H3,(H,32,34). The van der Waals surface area contributed by atoms with Crippen molar-refractivity contribution in [2.24, 2.45) is 10.7 Å². The molecule has 184 valence electrons. The van der Waals surface area contributed by atoms with Crippen LogP contribution in [0.1, 0.15) is 37.8 Å². The second-order valence-corrected chi connectivity index (χ2v) is 8.66. The summed E-state index contributed by atoms with van der Waals surface area (Å²) in [5, 5.41) is 3.08. The number of ether oxygens (including phenoxy) is 1. The van der Waals surface area contributed by atoms with E-state index >= 15 is 0 Å². The van der Waals surface area contributed by atoms with Crippen LogP contribution in [0.3, 0.4) is 0 Å². The molecule has 0 aliphatic carbocycles. The second kappa shape index (κ2) is 11.0. The zero-order valence-electron chi connectivity index (χ0n) is 19.9. The van der Waals surface area contributed by atoms with Gasteiger partial charge < -0.3 is 20.7 Å². The number of methoxy groups -OCH3 is 1. The van der Waals surface area contributed by atoms with Gasteiger partial charge in [0.25, 0.3) is 11.8 Å². The van der Waals surface area contributed by atoms with Crippen molar-refractivity contribution < 1.29 is 14.3 Å². The average molecular weight is 504 g/mol. The zero-order valence-corrected chi connectivity index (χ0v) is 20.7. The molecule has 0 unspecified atom stereocenters. The third kappa shape index (κ3) is 5.39. The lowest BCUT2D eigenvalue weighted by Gasteiger charge is -2.39. The number of aromatic nitrogens is 1. The number of allylic oxidation sites excluding steroid dienone is 1. The van der Waals surface area contributed by atoms with E-state index in [1.165, 1.54) is 25.6 Å². The lowest BCUT2D eigenvalue weighted by molar-refractivity contribution is 0.0602. The van der Waals surface area contributed by atoms with Crippen LogP contribution in [0.2, 0.25) is 5.15 Å². The Labute approximate surface area is 214 Å². The number of aliphatic imine (C=N–C) groups is 1. The van der Waals surface area contributed by atoms with Gasteiger partial charge >= 0.3 is 0 Å². The molecule has 0 atom stereocenters. The topological polar surface area (TPSA) is 110 Å². The van der Waals surface area contributed by atoms with E-state index in [0.29, 0.717) is 40.8 Å². The van der Waals surface area contributed by atoms with Crippen molar-refractivity contribution in [3.05, 3.63) is 94.4 Å². The van der Waals surface area contributed by atoms with Gasteiger partial charge in [-0.2, -0.15) is 0 Å². The first kappa shape index (κ1) is 24.9. The maximum Gasteiger partial charge on any atom is 0.257 e. The summed E-state index contributed by atoms with van der Waals surface area (Å²) in [6, 6.07) is 16.2. The van der Waals surface area contributed by atoms with E-state index in [2.05, 4.69) is 27.4 Å². The Balaban J connectivity index is 1.42. The molecule has 3 N–H and O–H groups in total. The summed E-state index contributed by atoms with van der Waals surface area (Å²) in [6.07, 6.45) is 4.64. The molecule has 0 radical (unpaired) electrons. The second-order valence-electron chi connectivity index (χ2n) is 8.28. The molecular formula is C27H26ClN5O3. The van der Waals surface area contributed by atoms with Gasteiger partial charge in [0.15, 0.2) is 0 Å². The smallest absolute Gasteiger partial charge is 0.257 e. The molecular weight excluding hydrogens is 478 g/mol. The Morgan fingerprint density at radius 1 is 1.11 bits per heavy atom. The highest BCUT2D eigenvalue weighted by Crippen LogP contribution is 2.31. The third-order valence-corrected chi connectivity index (χ3v) is 6.24. The highest BCUT2D eigenvalue weighted by Gasteiger charge is 2.32. The molecule has 0 bridgehead atoms. The Bertz CT molecular complexity index is 1310. The van der Waals surface area contributed by atoms with Gasteiger partial charge in [-0.15, -0.1) is 0 Å². The number of likely N-dealkylation sites (tertiary alicyclic amines) is 1. The van der Waals surface area contributed by atoms with E-state index in [9.17, 15) is 9.59 Å². The maximum atomic E-state index is 13.1. The Morgan fingerprint density at radius 3 is 2.42 bits per heavy atom. The molecule has 4 rings (SSSR count). The largest absolute Gasteiger partial charge is 0.495 e. The number of benzene rings is 2. The number of rotatable bonds is 7. The van der Waals surface area contributed by atoms with Crippen molar-refractivity contribution in [2.75, 3.05) is 32.6 Å². The average Bonchev–Trinajstić information content (AvgIpc) is 2.87. The molecule has 2 aromatic carbocycles. The van der Waals surface area contributed by atoms with Crippen LogP contribution < -0.4 is 15.8 Å². The summed E-state index contributed by atoms with van der Waals surface area (Å²) in [4.78, 5) is 35.5. The van der Waals surface area contributed by atoms with Crippen LogP contribution in [-0.2, 0) is 0 Å². The van der Waals surface area contributed by atoms with Gasteiger partial charge in [-0.3, -0.25) is 14.6 Å². The van der Waals surface area contributed by atoms with E-state index in [-0.39, 0.29) is 17.7 Å². The summed E-state index contributed by atoms with van der Waals surface area (Å²) >= 11 is 5.80. The monoisotopic (exact) mass is 503 g/mol. The summed E-state index contributed by atoms with van der Waals surface area (Å²) in [6.45, 7) is 1.22. The molecule has 9 heteroatoms. The number of pyridine rings is 1. The van der Waals surface area contributed by atoms with Crippen molar-refractivity contribution in [2.45, 2.75) is 5.92 Å². The Hall–Kier alpha value is -4.17. The molecule has 36 heavy (non-hydrogen) atoms. The van der Waals surface area contributed by atoms with E-state index < -0.39 is 0 Å². The summed E-state index contributed by atoms with van der Waals surface area (Å²) in [5.41, 5.74) is 9.89. The van der Waals surface area contributed by atoms with Crippen molar-refractivity contribution in [1.82, 2.24) is 9.88 Å². The first-order valence-corrected chi connectivity index (χ1v) is 11.7. The highest BCUT2D eigenvalue weighted by molar-refractivity contribution is 6.29. The van der Waals surface area contributed by atoms with Gasteiger partial charge in [0.05, 0.1) is 18.4 Å². The number of carbonyl (C=O) groups excluding carboxylic acids is 2. The van der Waals surface area contributed by atoms with Crippen LogP contribution in [0.5, 0.6) is 5.75 Å². The van der Waals surface area contributed by atoms with Crippen LogP contribution >= 0.6 is 11.6 Å². The Morgan fingerprint density at radius 2 is 1.81 bits per heavy atom. The number of amides is 2. The minimum absolute atomic E-state index is 0.110. The number of nitrogens with zero attached hydrogens (tertiary/aromatic N) is 3. The van der Waals surface area contributed by atoms with Crippen LogP contribution in [-0.4, -0.2) is 55.2 Å². The van der Waals surface area contributed by atoms with Gasteiger partial charge in [0.1, 0.15) is 10.9 Å². The molecule has 0 spiro atoms. The van der Waals surface area contributed by atoms with E-state index in [1.807, 2.05) is 12.1 Å². The highest BCUT2D eigenvalue weighted by atomic mass is 35.5. The van der Waals surface area contributed by atoms with Gasteiger partial charge in [-0.05, 0) is 41.5 Å². The molecule has 1 aliphatic rings. The number of nitrogens with two attached hydrogens (primary N) is 1. The molecule has 1 saturated heterocycles. The maximum absolute atomic E-state index is 13.1. The number of anilines is 1. The number of halogens is 1. The van der Waals surface area contributed by atoms with Gasteiger partial charge in [-0.25, -0.2) is 4.98 Å². The minimum atomic E-state index is -0.382. The lowest BCUT2D eigenvalue weighted by Crippen LogP contribution is -2.48. The summed E-state index contributed by atoms with van der Waals surface area (Å²) in [5.74, 6) is 0.208. The van der Waals surface area contributed by atoms with Crippen LogP contribution in [0, 0.1) is 0 Å². The molecule has 0 saturated carbocycles. The van der Waals surface area contributed by atoms with Crippen molar-refractivity contribution in [1.29, 1.82) is 0 Å². The van der Waals surface area contributed by atoms with Crippen molar-refractivity contribution in [3.63, 3.8) is 0 Å². The van der Waals surface area contributed by atoms with Crippen LogP contribution in [0.15, 0.2) is 72.0 Å². The quantitative estimate of drug-likeness (QED) is 0.370. The first-order chi connectivity index (χ1) is 17.4. The van der Waals surface area contributed by atoms with Crippen LogP contribution in [0.25, 0.3) is 5.57 Å². The van der Waals surface area contributed by atoms with Crippen molar-refractivity contribution >= 4 is 40.9 Å². The fourth-order valence-corrected chi connectivity index (χ4v) is 4.09. The van der Waals surface area contributed by atoms with Crippen molar-refractivity contribution in [3.8, 4) is 5.75 Å². The van der Waals surface area contributed by atoms with E-state index in [4.69, 9.17) is 22.1 Å². The molecule has 3 aromatic rings. The molecule has 2 amide bonds. The molecule has 1 aromatic heterocycles. The summed E-state index contributed by atoms with van der Waals surface area (Å²) in [7, 11) is 3.21. The zero-order chi connectivity index (χ0) is 25.7.